The standard InChI is InChI=1S/C20H30N2O5/c1-20(2,3)27-19(24)22-12-11-21(14-17(22)10-13-25-4)18(23)26-15-16-8-6-5-7-9-16/h5-9,17H,10-15H2,1-4H3/t17-/m0/s1. The average molecular weight is 378 g/mol. The van der Waals surface area contributed by atoms with Gasteiger partial charge in [0, 0.05) is 33.4 Å². The van der Waals surface area contributed by atoms with Gasteiger partial charge < -0.3 is 24.0 Å². The molecule has 0 bridgehead atoms. The second kappa shape index (κ2) is 9.60. The molecule has 0 spiro atoms. The Bertz CT molecular complexity index is 615. The fourth-order valence-electron chi connectivity index (χ4n) is 2.89. The van der Waals surface area contributed by atoms with Crippen LogP contribution in [0.1, 0.15) is 32.8 Å². The number of benzene rings is 1. The summed E-state index contributed by atoms with van der Waals surface area (Å²) in [6, 6.07) is 9.39. The van der Waals surface area contributed by atoms with Crippen LogP contribution in [0.3, 0.4) is 0 Å². The number of nitrogens with zero attached hydrogens (tertiary/aromatic N) is 2. The van der Waals surface area contributed by atoms with Crippen LogP contribution in [-0.4, -0.2) is 67.0 Å². The van der Waals surface area contributed by atoms with Crippen molar-refractivity contribution in [1.29, 1.82) is 0 Å². The highest BCUT2D eigenvalue weighted by atomic mass is 16.6. The molecule has 1 atom stereocenters. The van der Waals surface area contributed by atoms with Gasteiger partial charge >= 0.3 is 12.2 Å². The molecule has 1 aliphatic heterocycles. The fourth-order valence-corrected chi connectivity index (χ4v) is 2.89. The van der Waals surface area contributed by atoms with Crippen molar-refractivity contribution in [3.63, 3.8) is 0 Å². The van der Waals surface area contributed by atoms with E-state index in [1.807, 2.05) is 51.1 Å². The van der Waals surface area contributed by atoms with Crippen molar-refractivity contribution in [3.05, 3.63) is 35.9 Å². The second-order valence-electron chi connectivity index (χ2n) is 7.60. The molecule has 0 N–H and O–H groups in total. The lowest BCUT2D eigenvalue weighted by atomic mass is 10.1. The minimum absolute atomic E-state index is 0.169. The first-order valence-corrected chi connectivity index (χ1v) is 9.24. The summed E-state index contributed by atoms with van der Waals surface area (Å²) in [5.41, 5.74) is 0.378. The van der Waals surface area contributed by atoms with Crippen molar-refractivity contribution < 1.29 is 23.8 Å². The Balaban J connectivity index is 1.95. The van der Waals surface area contributed by atoms with E-state index in [1.165, 1.54) is 0 Å². The molecule has 7 nitrogen and oxygen atoms in total. The molecule has 0 aliphatic carbocycles. The van der Waals surface area contributed by atoms with Gasteiger partial charge in [0.1, 0.15) is 12.2 Å². The molecule has 0 saturated carbocycles. The van der Waals surface area contributed by atoms with Crippen LogP contribution < -0.4 is 0 Å². The molecule has 0 radical (unpaired) electrons. The molecule has 2 amide bonds. The van der Waals surface area contributed by atoms with E-state index in [4.69, 9.17) is 14.2 Å². The normalized spacial score (nSPS) is 17.6. The van der Waals surface area contributed by atoms with Gasteiger partial charge in [0.15, 0.2) is 0 Å². The number of hydrogen-bond donors (Lipinski definition) is 0. The topological polar surface area (TPSA) is 68.3 Å². The van der Waals surface area contributed by atoms with Crippen molar-refractivity contribution in [1.82, 2.24) is 9.80 Å². The summed E-state index contributed by atoms with van der Waals surface area (Å²) in [5, 5.41) is 0. The van der Waals surface area contributed by atoms with Crippen molar-refractivity contribution in [2.75, 3.05) is 33.4 Å². The highest BCUT2D eigenvalue weighted by Gasteiger charge is 2.35. The van der Waals surface area contributed by atoms with Crippen LogP contribution in [0, 0.1) is 0 Å². The number of ether oxygens (including phenoxy) is 3. The first-order chi connectivity index (χ1) is 12.8. The van der Waals surface area contributed by atoms with Gasteiger partial charge in [-0.3, -0.25) is 0 Å². The van der Waals surface area contributed by atoms with E-state index in [0.29, 0.717) is 32.7 Å². The molecule has 1 aromatic carbocycles. The van der Waals surface area contributed by atoms with E-state index in [-0.39, 0.29) is 24.8 Å². The van der Waals surface area contributed by atoms with E-state index in [2.05, 4.69) is 0 Å². The quantitative estimate of drug-likeness (QED) is 0.786. The second-order valence-corrected chi connectivity index (χ2v) is 7.60. The van der Waals surface area contributed by atoms with Gasteiger partial charge in [-0.1, -0.05) is 30.3 Å². The van der Waals surface area contributed by atoms with Gasteiger partial charge in [0.25, 0.3) is 0 Å². The molecule has 0 unspecified atom stereocenters. The summed E-state index contributed by atoms with van der Waals surface area (Å²) >= 11 is 0. The maximum absolute atomic E-state index is 12.5. The van der Waals surface area contributed by atoms with Crippen LogP contribution in [0.25, 0.3) is 0 Å². The first-order valence-electron chi connectivity index (χ1n) is 9.24. The Hall–Kier alpha value is -2.28. The number of amides is 2. The van der Waals surface area contributed by atoms with Crippen molar-refractivity contribution >= 4 is 12.2 Å². The van der Waals surface area contributed by atoms with Gasteiger partial charge in [-0.15, -0.1) is 0 Å². The van der Waals surface area contributed by atoms with Gasteiger partial charge in [-0.2, -0.15) is 0 Å². The van der Waals surface area contributed by atoms with Crippen molar-refractivity contribution in [3.8, 4) is 0 Å². The predicted molar refractivity (Wildman–Crippen MR) is 101 cm³/mol. The lowest BCUT2D eigenvalue weighted by Gasteiger charge is -2.41. The molecular formula is C20H30N2O5. The number of piperazine rings is 1. The summed E-state index contributed by atoms with van der Waals surface area (Å²) < 4.78 is 16.1. The van der Waals surface area contributed by atoms with Crippen LogP contribution >= 0.6 is 0 Å². The third-order valence-electron chi connectivity index (χ3n) is 4.23. The number of methoxy groups -OCH3 is 1. The summed E-state index contributed by atoms with van der Waals surface area (Å²) in [6.07, 6.45) is -0.107. The average Bonchev–Trinajstić information content (AvgIpc) is 2.63. The molecule has 1 fully saturated rings. The van der Waals surface area contributed by atoms with Gasteiger partial charge in [-0.25, -0.2) is 9.59 Å². The largest absolute Gasteiger partial charge is 0.445 e. The van der Waals surface area contributed by atoms with Crippen molar-refractivity contribution in [2.24, 2.45) is 0 Å². The molecule has 0 aromatic heterocycles. The van der Waals surface area contributed by atoms with E-state index in [1.54, 1.807) is 16.9 Å². The van der Waals surface area contributed by atoms with Gasteiger partial charge in [0.2, 0.25) is 0 Å². The van der Waals surface area contributed by atoms with Gasteiger partial charge in [0.05, 0.1) is 6.04 Å². The number of hydrogen-bond acceptors (Lipinski definition) is 5. The highest BCUT2D eigenvalue weighted by Crippen LogP contribution is 2.19. The van der Waals surface area contributed by atoms with Gasteiger partial charge in [-0.05, 0) is 32.8 Å². The van der Waals surface area contributed by atoms with E-state index in [9.17, 15) is 9.59 Å². The highest BCUT2D eigenvalue weighted by molar-refractivity contribution is 5.71. The van der Waals surface area contributed by atoms with E-state index in [0.717, 1.165) is 5.56 Å². The smallest absolute Gasteiger partial charge is 0.410 e. The summed E-state index contributed by atoms with van der Waals surface area (Å²) in [4.78, 5) is 28.3. The fraction of sp³-hybridized carbons (Fsp3) is 0.600. The molecule has 1 aliphatic rings. The minimum atomic E-state index is -0.561. The van der Waals surface area contributed by atoms with Crippen molar-refractivity contribution in [2.45, 2.75) is 45.4 Å². The minimum Gasteiger partial charge on any atom is -0.445 e. The van der Waals surface area contributed by atoms with Crippen LogP contribution in [0.2, 0.25) is 0 Å². The zero-order valence-electron chi connectivity index (χ0n) is 16.6. The Morgan fingerprint density at radius 1 is 1.11 bits per heavy atom. The Morgan fingerprint density at radius 2 is 1.81 bits per heavy atom. The Labute approximate surface area is 161 Å². The Kier molecular flexibility index (Phi) is 7.47. The predicted octanol–water partition coefficient (Wildman–Crippen LogP) is 3.28. The molecule has 1 saturated heterocycles. The number of carbonyl (C=O) groups excluding carboxylic acids is 2. The summed E-state index contributed by atoms with van der Waals surface area (Å²) in [7, 11) is 1.62. The van der Waals surface area contributed by atoms with Crippen LogP contribution in [0.4, 0.5) is 9.59 Å². The van der Waals surface area contributed by atoms with Crippen LogP contribution in [0.5, 0.6) is 0 Å². The third kappa shape index (κ3) is 6.75. The lowest BCUT2D eigenvalue weighted by Crippen LogP contribution is -2.57. The summed E-state index contributed by atoms with van der Waals surface area (Å²) in [6.45, 7) is 7.46. The third-order valence-corrected chi connectivity index (χ3v) is 4.23. The van der Waals surface area contributed by atoms with Crippen LogP contribution in [-0.2, 0) is 20.8 Å². The molecular weight excluding hydrogens is 348 g/mol. The number of carbonyl (C=O) groups is 2. The van der Waals surface area contributed by atoms with E-state index < -0.39 is 5.60 Å². The lowest BCUT2D eigenvalue weighted by molar-refractivity contribution is -0.00781. The zero-order chi connectivity index (χ0) is 19.9. The molecule has 1 heterocycles. The van der Waals surface area contributed by atoms with Crippen LogP contribution in [0.15, 0.2) is 30.3 Å². The Morgan fingerprint density at radius 3 is 2.44 bits per heavy atom. The number of rotatable bonds is 5. The monoisotopic (exact) mass is 378 g/mol. The van der Waals surface area contributed by atoms with E-state index >= 15 is 0 Å². The maximum atomic E-state index is 12.5. The zero-order valence-corrected chi connectivity index (χ0v) is 16.6. The summed E-state index contributed by atoms with van der Waals surface area (Å²) in [5.74, 6) is 0. The molecule has 1 aromatic rings. The molecule has 27 heavy (non-hydrogen) atoms. The molecule has 2 rings (SSSR count). The maximum Gasteiger partial charge on any atom is 0.410 e. The first kappa shape index (κ1) is 21.0. The molecule has 150 valence electrons. The molecule has 7 heteroatoms. The SMILES string of the molecule is COCC[C@H]1CN(C(=O)OCc2ccccc2)CCN1C(=O)OC(C)(C)C.